The van der Waals surface area contributed by atoms with Gasteiger partial charge in [-0.25, -0.2) is 0 Å². The number of anilines is 1. The van der Waals surface area contributed by atoms with Gasteiger partial charge in [-0.3, -0.25) is 4.79 Å². The summed E-state index contributed by atoms with van der Waals surface area (Å²) in [6.07, 6.45) is 0. The van der Waals surface area contributed by atoms with Crippen LogP contribution in [-0.4, -0.2) is 41.7 Å². The Balaban J connectivity index is 3.00. The van der Waals surface area contributed by atoms with Gasteiger partial charge in [0.15, 0.2) is 0 Å². The SMILES string of the molecule is CCNc1ccc(C)cc1C(=O)N(C)CC(C)(C)O. The second kappa shape index (κ2) is 6.06. The number of likely N-dealkylation sites (N-methyl/N-ethyl adjacent to an activating group) is 1. The van der Waals surface area contributed by atoms with Gasteiger partial charge in [-0.05, 0) is 39.8 Å². The molecule has 0 unspecified atom stereocenters. The van der Waals surface area contributed by atoms with Crippen LogP contribution < -0.4 is 5.32 Å². The standard InChI is InChI=1S/C15H24N2O2/c1-6-16-13-8-7-11(2)9-12(13)14(18)17(5)10-15(3,4)19/h7-9,16,19H,6,10H2,1-5H3. The molecule has 1 amide bonds. The van der Waals surface area contributed by atoms with Gasteiger partial charge in [0.1, 0.15) is 0 Å². The predicted molar refractivity (Wildman–Crippen MR) is 78.6 cm³/mol. The highest BCUT2D eigenvalue weighted by molar-refractivity contribution is 5.99. The summed E-state index contributed by atoms with van der Waals surface area (Å²) >= 11 is 0. The molecule has 0 atom stereocenters. The summed E-state index contributed by atoms with van der Waals surface area (Å²) in [5.74, 6) is -0.0817. The average Bonchev–Trinajstić information content (AvgIpc) is 2.28. The number of aliphatic hydroxyl groups is 1. The van der Waals surface area contributed by atoms with Crippen molar-refractivity contribution in [2.24, 2.45) is 0 Å². The zero-order valence-electron chi connectivity index (χ0n) is 12.4. The molecule has 0 aliphatic carbocycles. The van der Waals surface area contributed by atoms with Crippen molar-refractivity contribution in [2.45, 2.75) is 33.3 Å². The summed E-state index contributed by atoms with van der Waals surface area (Å²) in [4.78, 5) is 14.0. The number of hydrogen-bond donors (Lipinski definition) is 2. The molecule has 19 heavy (non-hydrogen) atoms. The van der Waals surface area contributed by atoms with Gasteiger partial charge >= 0.3 is 0 Å². The zero-order valence-corrected chi connectivity index (χ0v) is 12.4. The van der Waals surface area contributed by atoms with E-state index in [0.29, 0.717) is 12.1 Å². The van der Waals surface area contributed by atoms with Gasteiger partial charge in [0.2, 0.25) is 0 Å². The van der Waals surface area contributed by atoms with Crippen LogP contribution in [0, 0.1) is 6.92 Å². The minimum absolute atomic E-state index is 0.0817. The highest BCUT2D eigenvalue weighted by Gasteiger charge is 2.22. The Morgan fingerprint density at radius 1 is 1.42 bits per heavy atom. The van der Waals surface area contributed by atoms with Crippen LogP contribution in [0.5, 0.6) is 0 Å². The normalized spacial score (nSPS) is 11.3. The number of nitrogens with one attached hydrogen (secondary N) is 1. The van der Waals surface area contributed by atoms with Gasteiger partial charge in [-0.15, -0.1) is 0 Å². The Labute approximate surface area is 115 Å². The molecule has 1 aromatic carbocycles. The lowest BCUT2D eigenvalue weighted by atomic mass is 10.1. The van der Waals surface area contributed by atoms with Crippen molar-refractivity contribution in [3.05, 3.63) is 29.3 Å². The van der Waals surface area contributed by atoms with Crippen molar-refractivity contribution < 1.29 is 9.90 Å². The molecule has 0 aliphatic rings. The Kier molecular flexibility index (Phi) is 4.95. The fraction of sp³-hybridized carbons (Fsp3) is 0.533. The van der Waals surface area contributed by atoms with E-state index < -0.39 is 5.60 Å². The minimum Gasteiger partial charge on any atom is -0.389 e. The van der Waals surface area contributed by atoms with Crippen LogP contribution in [0.3, 0.4) is 0 Å². The summed E-state index contributed by atoms with van der Waals surface area (Å²) < 4.78 is 0. The number of amides is 1. The molecular weight excluding hydrogens is 240 g/mol. The molecule has 4 nitrogen and oxygen atoms in total. The first kappa shape index (κ1) is 15.5. The van der Waals surface area contributed by atoms with Crippen molar-refractivity contribution in [1.82, 2.24) is 4.90 Å². The van der Waals surface area contributed by atoms with E-state index in [4.69, 9.17) is 0 Å². The summed E-state index contributed by atoms with van der Waals surface area (Å²) in [6, 6.07) is 5.77. The number of carbonyl (C=O) groups is 1. The highest BCUT2D eigenvalue weighted by Crippen LogP contribution is 2.19. The molecular formula is C15H24N2O2. The summed E-state index contributed by atoms with van der Waals surface area (Å²) in [7, 11) is 1.71. The van der Waals surface area contributed by atoms with Crippen molar-refractivity contribution in [3.8, 4) is 0 Å². The molecule has 4 heteroatoms. The lowest BCUT2D eigenvalue weighted by molar-refractivity contribution is 0.0368. The topological polar surface area (TPSA) is 52.6 Å². The smallest absolute Gasteiger partial charge is 0.255 e. The van der Waals surface area contributed by atoms with E-state index in [1.807, 2.05) is 32.0 Å². The Hall–Kier alpha value is -1.55. The molecule has 1 rings (SSSR count). The second-order valence-electron chi connectivity index (χ2n) is 5.55. The summed E-state index contributed by atoms with van der Waals surface area (Å²) in [5, 5.41) is 13.0. The fourth-order valence-electron chi connectivity index (χ4n) is 2.04. The molecule has 0 heterocycles. The summed E-state index contributed by atoms with van der Waals surface area (Å²) in [5.41, 5.74) is 1.63. The molecule has 0 aromatic heterocycles. The van der Waals surface area contributed by atoms with Gasteiger partial charge in [-0.1, -0.05) is 11.6 Å². The second-order valence-corrected chi connectivity index (χ2v) is 5.55. The van der Waals surface area contributed by atoms with E-state index in [0.717, 1.165) is 17.8 Å². The first-order chi connectivity index (χ1) is 8.74. The van der Waals surface area contributed by atoms with Crippen molar-refractivity contribution in [1.29, 1.82) is 0 Å². The number of benzene rings is 1. The number of hydrogen-bond acceptors (Lipinski definition) is 3. The predicted octanol–water partition coefficient (Wildman–Crippen LogP) is 2.27. The Bertz CT molecular complexity index is 450. The molecule has 0 radical (unpaired) electrons. The van der Waals surface area contributed by atoms with Gasteiger partial charge in [0.25, 0.3) is 5.91 Å². The number of rotatable bonds is 5. The van der Waals surface area contributed by atoms with Gasteiger partial charge in [-0.2, -0.15) is 0 Å². The van der Waals surface area contributed by atoms with Crippen LogP contribution in [0.1, 0.15) is 36.7 Å². The molecule has 2 N–H and O–H groups in total. The van der Waals surface area contributed by atoms with Gasteiger partial charge in [0.05, 0.1) is 11.2 Å². The third-order valence-corrected chi connectivity index (χ3v) is 2.74. The van der Waals surface area contributed by atoms with Crippen LogP contribution in [-0.2, 0) is 0 Å². The lowest BCUT2D eigenvalue weighted by Gasteiger charge is -2.26. The van der Waals surface area contributed by atoms with Crippen LogP contribution in [0.2, 0.25) is 0 Å². The molecule has 0 saturated heterocycles. The minimum atomic E-state index is -0.896. The van der Waals surface area contributed by atoms with Crippen LogP contribution >= 0.6 is 0 Å². The molecule has 0 spiro atoms. The van der Waals surface area contributed by atoms with E-state index in [9.17, 15) is 9.90 Å². The van der Waals surface area contributed by atoms with Crippen LogP contribution in [0.25, 0.3) is 0 Å². The monoisotopic (exact) mass is 264 g/mol. The highest BCUT2D eigenvalue weighted by atomic mass is 16.3. The third-order valence-electron chi connectivity index (χ3n) is 2.74. The summed E-state index contributed by atoms with van der Waals surface area (Å²) in [6.45, 7) is 8.40. The molecule has 0 fully saturated rings. The first-order valence-corrected chi connectivity index (χ1v) is 6.57. The molecule has 0 saturated carbocycles. The lowest BCUT2D eigenvalue weighted by Crippen LogP contribution is -2.39. The van der Waals surface area contributed by atoms with E-state index in [1.165, 1.54) is 0 Å². The largest absolute Gasteiger partial charge is 0.389 e. The van der Waals surface area contributed by atoms with Crippen LogP contribution in [0.15, 0.2) is 18.2 Å². The van der Waals surface area contributed by atoms with Crippen molar-refractivity contribution in [2.75, 3.05) is 25.5 Å². The van der Waals surface area contributed by atoms with E-state index >= 15 is 0 Å². The zero-order chi connectivity index (χ0) is 14.6. The average molecular weight is 264 g/mol. The Morgan fingerprint density at radius 2 is 2.05 bits per heavy atom. The quantitative estimate of drug-likeness (QED) is 0.858. The van der Waals surface area contributed by atoms with Crippen LogP contribution in [0.4, 0.5) is 5.69 Å². The van der Waals surface area contributed by atoms with E-state index in [2.05, 4.69) is 5.32 Å². The third kappa shape index (κ3) is 4.56. The maximum Gasteiger partial charge on any atom is 0.255 e. The maximum absolute atomic E-state index is 12.4. The van der Waals surface area contributed by atoms with Gasteiger partial charge < -0.3 is 15.3 Å². The number of aryl methyl sites for hydroxylation is 1. The molecule has 0 bridgehead atoms. The van der Waals surface area contributed by atoms with Crippen molar-refractivity contribution in [3.63, 3.8) is 0 Å². The van der Waals surface area contributed by atoms with E-state index in [1.54, 1.807) is 25.8 Å². The fourth-order valence-corrected chi connectivity index (χ4v) is 2.04. The van der Waals surface area contributed by atoms with E-state index in [-0.39, 0.29) is 5.91 Å². The van der Waals surface area contributed by atoms with Crippen molar-refractivity contribution >= 4 is 11.6 Å². The first-order valence-electron chi connectivity index (χ1n) is 6.57. The maximum atomic E-state index is 12.4. The number of carbonyl (C=O) groups excluding carboxylic acids is 1. The number of nitrogens with zero attached hydrogens (tertiary/aromatic N) is 1. The van der Waals surface area contributed by atoms with Gasteiger partial charge in [0, 0.05) is 25.8 Å². The molecule has 1 aromatic rings. The Morgan fingerprint density at radius 3 is 2.58 bits per heavy atom. The molecule has 0 aliphatic heterocycles. The molecule has 106 valence electrons.